The molecule has 0 aliphatic rings. The highest BCUT2D eigenvalue weighted by Gasteiger charge is 2.16. The van der Waals surface area contributed by atoms with Gasteiger partial charge in [0.2, 0.25) is 0 Å². The van der Waals surface area contributed by atoms with E-state index in [1.807, 2.05) is 6.07 Å². The van der Waals surface area contributed by atoms with Crippen LogP contribution in [-0.2, 0) is 0 Å². The number of benzene rings is 1. The molecule has 100 valence electrons. The Morgan fingerprint density at radius 2 is 1.94 bits per heavy atom. The molecule has 1 aromatic carbocycles. The van der Waals surface area contributed by atoms with Gasteiger partial charge < -0.3 is 5.32 Å². The molecule has 0 spiro atoms. The van der Waals surface area contributed by atoms with Crippen LogP contribution in [0.5, 0.6) is 0 Å². The third kappa shape index (κ3) is 4.02. The molecular weight excluding hydrogens is 228 g/mol. The van der Waals surface area contributed by atoms with E-state index in [2.05, 4.69) is 26.1 Å². The molecule has 0 saturated heterocycles. The summed E-state index contributed by atoms with van der Waals surface area (Å²) in [5.74, 6) is 0.630. The molecule has 0 radical (unpaired) electrons. The molecule has 0 heterocycles. The lowest BCUT2D eigenvalue weighted by molar-refractivity contribution is -0.384. The lowest BCUT2D eigenvalue weighted by Crippen LogP contribution is -2.21. The predicted molar refractivity (Wildman–Crippen MR) is 74.9 cm³/mol. The van der Waals surface area contributed by atoms with Crippen LogP contribution in [0.25, 0.3) is 0 Å². The van der Waals surface area contributed by atoms with Crippen molar-refractivity contribution < 1.29 is 4.92 Å². The van der Waals surface area contributed by atoms with Crippen LogP contribution in [0, 0.1) is 16.0 Å². The van der Waals surface area contributed by atoms with E-state index < -0.39 is 0 Å². The summed E-state index contributed by atoms with van der Waals surface area (Å²) < 4.78 is 0. The zero-order valence-corrected chi connectivity index (χ0v) is 11.3. The molecule has 1 N–H and O–H groups in total. The normalized spacial score (nSPS) is 13.9. The molecule has 0 amide bonds. The highest BCUT2D eigenvalue weighted by Crippen LogP contribution is 2.26. The number of nitro benzene ring substituents is 1. The van der Waals surface area contributed by atoms with E-state index in [4.69, 9.17) is 0 Å². The summed E-state index contributed by atoms with van der Waals surface area (Å²) in [6.07, 6.45) is 3.14. The smallest absolute Gasteiger partial charge is 0.292 e. The van der Waals surface area contributed by atoms with Crippen LogP contribution >= 0.6 is 0 Å². The molecule has 18 heavy (non-hydrogen) atoms. The first-order valence-electron chi connectivity index (χ1n) is 6.58. The Balaban J connectivity index is 2.78. The van der Waals surface area contributed by atoms with E-state index >= 15 is 0 Å². The summed E-state index contributed by atoms with van der Waals surface area (Å²) in [6, 6.07) is 7.13. The van der Waals surface area contributed by atoms with Gasteiger partial charge in [-0.2, -0.15) is 0 Å². The first-order chi connectivity index (χ1) is 8.58. The van der Waals surface area contributed by atoms with Gasteiger partial charge >= 0.3 is 0 Å². The van der Waals surface area contributed by atoms with Crippen LogP contribution in [0.2, 0.25) is 0 Å². The molecule has 1 aromatic rings. The maximum absolute atomic E-state index is 10.9. The fourth-order valence-corrected chi connectivity index (χ4v) is 1.95. The SMILES string of the molecule is CCC(C)CC(CC)Nc1ccccc1[N+](=O)[O-]. The van der Waals surface area contributed by atoms with E-state index in [-0.39, 0.29) is 10.6 Å². The minimum atomic E-state index is -0.335. The van der Waals surface area contributed by atoms with Gasteiger partial charge in [0.15, 0.2) is 0 Å². The maximum atomic E-state index is 10.9. The second-order valence-electron chi connectivity index (χ2n) is 4.77. The van der Waals surface area contributed by atoms with Crippen molar-refractivity contribution in [1.29, 1.82) is 0 Å². The van der Waals surface area contributed by atoms with E-state index in [0.717, 1.165) is 19.3 Å². The lowest BCUT2D eigenvalue weighted by atomic mass is 9.97. The number of para-hydroxylation sites is 2. The predicted octanol–water partition coefficient (Wildman–Crippen LogP) is 4.22. The molecule has 0 saturated carbocycles. The second kappa shape index (κ2) is 6.99. The van der Waals surface area contributed by atoms with Crippen molar-refractivity contribution in [1.82, 2.24) is 0 Å². The van der Waals surface area contributed by atoms with Gasteiger partial charge in [0.25, 0.3) is 5.69 Å². The van der Waals surface area contributed by atoms with Gasteiger partial charge in [-0.05, 0) is 24.8 Å². The Hall–Kier alpha value is -1.58. The third-order valence-corrected chi connectivity index (χ3v) is 3.34. The number of hydrogen-bond donors (Lipinski definition) is 1. The zero-order chi connectivity index (χ0) is 13.5. The summed E-state index contributed by atoms with van der Waals surface area (Å²) in [6.45, 7) is 6.49. The topological polar surface area (TPSA) is 55.2 Å². The molecule has 0 aromatic heterocycles. The van der Waals surface area contributed by atoms with Crippen LogP contribution in [-0.4, -0.2) is 11.0 Å². The fraction of sp³-hybridized carbons (Fsp3) is 0.571. The second-order valence-corrected chi connectivity index (χ2v) is 4.77. The first kappa shape index (κ1) is 14.5. The third-order valence-electron chi connectivity index (χ3n) is 3.34. The Morgan fingerprint density at radius 3 is 2.50 bits per heavy atom. The number of nitro groups is 1. The van der Waals surface area contributed by atoms with Gasteiger partial charge in [-0.3, -0.25) is 10.1 Å². The first-order valence-corrected chi connectivity index (χ1v) is 6.58. The van der Waals surface area contributed by atoms with Gasteiger partial charge in [-0.15, -0.1) is 0 Å². The summed E-state index contributed by atoms with van der Waals surface area (Å²) in [7, 11) is 0. The van der Waals surface area contributed by atoms with Crippen molar-refractivity contribution in [3.05, 3.63) is 34.4 Å². The average Bonchev–Trinajstić information content (AvgIpc) is 2.38. The Kier molecular flexibility index (Phi) is 5.62. The van der Waals surface area contributed by atoms with Crippen molar-refractivity contribution >= 4 is 11.4 Å². The van der Waals surface area contributed by atoms with E-state index in [9.17, 15) is 10.1 Å². The molecule has 4 heteroatoms. The molecule has 4 nitrogen and oxygen atoms in total. The number of anilines is 1. The number of rotatable bonds is 7. The fourth-order valence-electron chi connectivity index (χ4n) is 1.95. The van der Waals surface area contributed by atoms with Crippen molar-refractivity contribution in [3.8, 4) is 0 Å². The minimum absolute atomic E-state index is 0.153. The van der Waals surface area contributed by atoms with Crippen LogP contribution in [0.3, 0.4) is 0 Å². The molecule has 0 bridgehead atoms. The van der Waals surface area contributed by atoms with E-state index in [1.165, 1.54) is 6.07 Å². The molecule has 2 unspecified atom stereocenters. The molecule has 1 rings (SSSR count). The Labute approximate surface area is 109 Å². The molecule has 0 aliphatic carbocycles. The number of hydrogen-bond acceptors (Lipinski definition) is 3. The highest BCUT2D eigenvalue weighted by molar-refractivity contribution is 5.61. The maximum Gasteiger partial charge on any atom is 0.292 e. The Morgan fingerprint density at radius 1 is 1.28 bits per heavy atom. The highest BCUT2D eigenvalue weighted by atomic mass is 16.6. The quantitative estimate of drug-likeness (QED) is 0.582. The number of nitrogens with one attached hydrogen (secondary N) is 1. The van der Waals surface area contributed by atoms with Crippen molar-refractivity contribution in [2.24, 2.45) is 5.92 Å². The van der Waals surface area contributed by atoms with Gasteiger partial charge in [0.05, 0.1) is 4.92 Å². The van der Waals surface area contributed by atoms with Crippen LogP contribution in [0.15, 0.2) is 24.3 Å². The van der Waals surface area contributed by atoms with Crippen LogP contribution < -0.4 is 5.32 Å². The summed E-state index contributed by atoms with van der Waals surface area (Å²) in [4.78, 5) is 10.6. The van der Waals surface area contributed by atoms with Crippen molar-refractivity contribution in [3.63, 3.8) is 0 Å². The van der Waals surface area contributed by atoms with Crippen molar-refractivity contribution in [2.75, 3.05) is 5.32 Å². The van der Waals surface area contributed by atoms with E-state index in [1.54, 1.807) is 12.1 Å². The minimum Gasteiger partial charge on any atom is -0.377 e. The molecule has 2 atom stereocenters. The largest absolute Gasteiger partial charge is 0.377 e. The van der Waals surface area contributed by atoms with Crippen molar-refractivity contribution in [2.45, 2.75) is 46.1 Å². The monoisotopic (exact) mass is 250 g/mol. The summed E-state index contributed by atoms with van der Waals surface area (Å²) in [5, 5.41) is 14.2. The molecule has 0 fully saturated rings. The molecular formula is C14H22N2O2. The zero-order valence-electron chi connectivity index (χ0n) is 11.3. The number of nitrogens with zero attached hydrogens (tertiary/aromatic N) is 1. The summed E-state index contributed by atoms with van der Waals surface area (Å²) >= 11 is 0. The summed E-state index contributed by atoms with van der Waals surface area (Å²) in [5.41, 5.74) is 0.776. The van der Waals surface area contributed by atoms with Gasteiger partial charge in [-0.1, -0.05) is 39.3 Å². The van der Waals surface area contributed by atoms with E-state index in [0.29, 0.717) is 17.6 Å². The molecule has 0 aliphatic heterocycles. The van der Waals surface area contributed by atoms with Gasteiger partial charge in [-0.25, -0.2) is 0 Å². The van der Waals surface area contributed by atoms with Crippen LogP contribution in [0.4, 0.5) is 11.4 Å². The lowest BCUT2D eigenvalue weighted by Gasteiger charge is -2.21. The van der Waals surface area contributed by atoms with Gasteiger partial charge in [0.1, 0.15) is 5.69 Å². The van der Waals surface area contributed by atoms with Crippen LogP contribution in [0.1, 0.15) is 40.0 Å². The average molecular weight is 250 g/mol. The Bertz CT molecular complexity index is 393. The standard InChI is InChI=1S/C14H22N2O2/c1-4-11(3)10-12(5-2)15-13-8-6-7-9-14(13)16(17)18/h6-9,11-12,15H,4-5,10H2,1-3H3. The van der Waals surface area contributed by atoms with Gasteiger partial charge in [0, 0.05) is 12.1 Å².